The summed E-state index contributed by atoms with van der Waals surface area (Å²) in [5, 5.41) is 0. The standard InChI is InChI=1S/C23H16BrFN2O3/c1-30-20-8-7-15(11-18(20)25)22(28)17-13-27(12-14-4-2-5-16(24)10-14)19-6-3-9-26-21(19)23(17)29/h2-11,13H,12H2,1H3. The molecule has 0 N–H and O–H groups in total. The predicted molar refractivity (Wildman–Crippen MR) is 116 cm³/mol. The molecule has 0 fully saturated rings. The fourth-order valence-electron chi connectivity index (χ4n) is 3.30. The van der Waals surface area contributed by atoms with Crippen molar-refractivity contribution in [2.45, 2.75) is 6.54 Å². The molecule has 7 heteroatoms. The molecule has 2 aromatic heterocycles. The van der Waals surface area contributed by atoms with Gasteiger partial charge >= 0.3 is 0 Å². The average molecular weight is 467 g/mol. The Balaban J connectivity index is 1.86. The zero-order valence-corrected chi connectivity index (χ0v) is 17.5. The van der Waals surface area contributed by atoms with Crippen LogP contribution >= 0.6 is 15.9 Å². The third-order valence-corrected chi connectivity index (χ3v) is 5.23. The number of methoxy groups -OCH3 is 1. The number of hydrogen-bond donors (Lipinski definition) is 0. The first-order valence-electron chi connectivity index (χ1n) is 9.09. The molecule has 0 unspecified atom stereocenters. The van der Waals surface area contributed by atoms with Gasteiger partial charge in [0.25, 0.3) is 0 Å². The summed E-state index contributed by atoms with van der Waals surface area (Å²) in [5.74, 6) is -1.22. The molecule has 0 radical (unpaired) electrons. The van der Waals surface area contributed by atoms with Crippen molar-refractivity contribution >= 4 is 32.7 Å². The minimum absolute atomic E-state index is 0.0267. The number of hydrogen-bond acceptors (Lipinski definition) is 4. The van der Waals surface area contributed by atoms with Crippen molar-refractivity contribution in [3.8, 4) is 5.75 Å². The topological polar surface area (TPSA) is 61.2 Å². The van der Waals surface area contributed by atoms with Crippen LogP contribution in [-0.2, 0) is 6.54 Å². The van der Waals surface area contributed by atoms with Gasteiger partial charge < -0.3 is 9.30 Å². The highest BCUT2D eigenvalue weighted by atomic mass is 79.9. The van der Waals surface area contributed by atoms with Gasteiger partial charge in [0.05, 0.1) is 18.2 Å². The zero-order chi connectivity index (χ0) is 21.3. The molecule has 0 aliphatic carbocycles. The number of pyridine rings is 2. The lowest BCUT2D eigenvalue weighted by Crippen LogP contribution is -2.21. The molecule has 4 rings (SSSR count). The Kier molecular flexibility index (Phi) is 5.46. The Morgan fingerprint density at radius 2 is 2.00 bits per heavy atom. The van der Waals surface area contributed by atoms with Crippen molar-refractivity contribution in [1.29, 1.82) is 0 Å². The lowest BCUT2D eigenvalue weighted by atomic mass is 10.0. The number of ketones is 1. The van der Waals surface area contributed by atoms with Gasteiger partial charge in [0.1, 0.15) is 5.52 Å². The largest absolute Gasteiger partial charge is 0.494 e. The number of carbonyl (C=O) groups excluding carboxylic acids is 1. The molecular weight excluding hydrogens is 451 g/mol. The van der Waals surface area contributed by atoms with E-state index in [2.05, 4.69) is 20.9 Å². The molecule has 0 amide bonds. The molecule has 4 aromatic rings. The Bertz CT molecular complexity index is 1330. The highest BCUT2D eigenvalue weighted by Crippen LogP contribution is 2.21. The lowest BCUT2D eigenvalue weighted by Gasteiger charge is -2.13. The van der Waals surface area contributed by atoms with Crippen molar-refractivity contribution in [3.63, 3.8) is 0 Å². The minimum atomic E-state index is -0.670. The van der Waals surface area contributed by atoms with E-state index in [4.69, 9.17) is 4.74 Å². The molecular formula is C23H16BrFN2O3. The van der Waals surface area contributed by atoms with Crippen molar-refractivity contribution in [3.05, 3.63) is 104 Å². The smallest absolute Gasteiger partial charge is 0.218 e. The maximum Gasteiger partial charge on any atom is 0.218 e. The molecule has 0 bridgehead atoms. The fraction of sp³-hybridized carbons (Fsp3) is 0.0870. The Morgan fingerprint density at radius 1 is 1.17 bits per heavy atom. The van der Waals surface area contributed by atoms with E-state index in [9.17, 15) is 14.0 Å². The van der Waals surface area contributed by atoms with Crippen LogP contribution in [-0.4, -0.2) is 22.4 Å². The lowest BCUT2D eigenvalue weighted by molar-refractivity contribution is 0.103. The van der Waals surface area contributed by atoms with Gasteiger partial charge in [0, 0.05) is 29.0 Å². The molecule has 0 saturated carbocycles. The average Bonchev–Trinajstić information content (AvgIpc) is 2.75. The molecule has 0 atom stereocenters. The quantitative estimate of drug-likeness (QED) is 0.403. The minimum Gasteiger partial charge on any atom is -0.494 e. The molecule has 0 spiro atoms. The van der Waals surface area contributed by atoms with Crippen LogP contribution in [0.5, 0.6) is 5.75 Å². The molecule has 0 saturated heterocycles. The van der Waals surface area contributed by atoms with Crippen molar-refractivity contribution < 1.29 is 13.9 Å². The van der Waals surface area contributed by atoms with Crippen LogP contribution in [0.1, 0.15) is 21.5 Å². The number of halogens is 2. The second kappa shape index (κ2) is 8.20. The number of fused-ring (bicyclic) bond motifs is 1. The van der Waals surface area contributed by atoms with Gasteiger partial charge in [-0.3, -0.25) is 14.6 Å². The van der Waals surface area contributed by atoms with E-state index in [1.54, 1.807) is 16.7 Å². The Hall–Kier alpha value is -3.32. The van der Waals surface area contributed by atoms with E-state index in [0.29, 0.717) is 12.1 Å². The van der Waals surface area contributed by atoms with E-state index in [0.717, 1.165) is 16.1 Å². The summed E-state index contributed by atoms with van der Waals surface area (Å²) in [7, 11) is 1.34. The normalized spacial score (nSPS) is 10.9. The van der Waals surface area contributed by atoms with Crippen LogP contribution in [0.2, 0.25) is 0 Å². The van der Waals surface area contributed by atoms with Crippen LogP contribution < -0.4 is 10.2 Å². The van der Waals surface area contributed by atoms with Gasteiger partial charge in [0.2, 0.25) is 5.43 Å². The number of carbonyl (C=O) groups is 1. The second-order valence-corrected chi connectivity index (χ2v) is 7.59. The number of ether oxygens (including phenoxy) is 1. The summed E-state index contributed by atoms with van der Waals surface area (Å²) < 4.78 is 21.7. The van der Waals surface area contributed by atoms with E-state index >= 15 is 0 Å². The highest BCUT2D eigenvalue weighted by molar-refractivity contribution is 9.10. The van der Waals surface area contributed by atoms with Crippen LogP contribution in [0.4, 0.5) is 4.39 Å². The Morgan fingerprint density at radius 3 is 2.73 bits per heavy atom. The molecule has 2 aromatic carbocycles. The van der Waals surface area contributed by atoms with Gasteiger partial charge in [0.15, 0.2) is 17.3 Å². The number of benzene rings is 2. The number of aromatic nitrogens is 2. The monoisotopic (exact) mass is 466 g/mol. The first-order chi connectivity index (χ1) is 14.5. The summed E-state index contributed by atoms with van der Waals surface area (Å²) >= 11 is 3.45. The maximum absolute atomic E-state index is 14.1. The van der Waals surface area contributed by atoms with Crippen molar-refractivity contribution in [2.24, 2.45) is 0 Å². The fourth-order valence-corrected chi connectivity index (χ4v) is 3.75. The molecule has 5 nitrogen and oxygen atoms in total. The number of nitrogens with zero attached hydrogens (tertiary/aromatic N) is 2. The van der Waals surface area contributed by atoms with E-state index in [1.165, 1.54) is 31.6 Å². The first kappa shape index (κ1) is 20.0. The van der Waals surface area contributed by atoms with Crippen molar-refractivity contribution in [2.75, 3.05) is 7.11 Å². The van der Waals surface area contributed by atoms with E-state index < -0.39 is 17.0 Å². The van der Waals surface area contributed by atoms with Crippen molar-refractivity contribution in [1.82, 2.24) is 9.55 Å². The SMILES string of the molecule is COc1ccc(C(=O)c2cn(Cc3cccc(Br)c3)c3cccnc3c2=O)cc1F. The number of rotatable bonds is 5. The zero-order valence-electron chi connectivity index (χ0n) is 15.9. The summed E-state index contributed by atoms with van der Waals surface area (Å²) in [4.78, 5) is 30.2. The highest BCUT2D eigenvalue weighted by Gasteiger charge is 2.19. The van der Waals surface area contributed by atoms with Gasteiger partial charge in [-0.1, -0.05) is 28.1 Å². The van der Waals surface area contributed by atoms with Crippen LogP contribution in [0.25, 0.3) is 11.0 Å². The third-order valence-electron chi connectivity index (χ3n) is 4.74. The van der Waals surface area contributed by atoms with Crippen LogP contribution in [0.15, 0.2) is 76.3 Å². The van der Waals surface area contributed by atoms with Gasteiger partial charge in [-0.05, 0) is 48.0 Å². The third kappa shape index (κ3) is 3.76. The second-order valence-electron chi connectivity index (χ2n) is 6.68. The molecule has 150 valence electrons. The summed E-state index contributed by atoms with van der Waals surface area (Å²) in [6, 6.07) is 15.1. The van der Waals surface area contributed by atoms with Crippen LogP contribution in [0, 0.1) is 5.82 Å². The van der Waals surface area contributed by atoms with E-state index in [1.807, 2.05) is 24.3 Å². The molecule has 0 aliphatic heterocycles. The molecule has 30 heavy (non-hydrogen) atoms. The van der Waals surface area contributed by atoms with E-state index in [-0.39, 0.29) is 22.4 Å². The summed E-state index contributed by atoms with van der Waals surface area (Å²) in [5.41, 5.74) is 1.28. The van der Waals surface area contributed by atoms with Gasteiger partial charge in [-0.25, -0.2) is 4.39 Å². The van der Waals surface area contributed by atoms with Crippen LogP contribution in [0.3, 0.4) is 0 Å². The molecule has 2 heterocycles. The Labute approximate surface area is 179 Å². The first-order valence-corrected chi connectivity index (χ1v) is 9.88. The predicted octanol–water partition coefficient (Wildman–Crippen LogP) is 4.59. The summed E-state index contributed by atoms with van der Waals surface area (Å²) in [6.07, 6.45) is 3.02. The molecule has 0 aliphatic rings. The van der Waals surface area contributed by atoms with Gasteiger partial charge in [-0.2, -0.15) is 0 Å². The van der Waals surface area contributed by atoms with Gasteiger partial charge in [-0.15, -0.1) is 0 Å². The summed E-state index contributed by atoms with van der Waals surface area (Å²) in [6.45, 7) is 0.430. The maximum atomic E-state index is 14.1.